The molecular weight excluding hydrogens is 440 g/mol. The Morgan fingerprint density at radius 3 is 2.49 bits per heavy atom. The van der Waals surface area contributed by atoms with E-state index in [4.69, 9.17) is 14.5 Å². The normalized spacial score (nSPS) is 14.1. The number of urea groups is 1. The molecule has 0 spiro atoms. The molecule has 2 amide bonds. The number of piperidine rings is 1. The van der Waals surface area contributed by atoms with E-state index in [1.54, 1.807) is 7.11 Å². The number of nitrogens with one attached hydrogen (secondary N) is 1. The summed E-state index contributed by atoms with van der Waals surface area (Å²) in [6, 6.07) is 25.4. The van der Waals surface area contributed by atoms with E-state index in [2.05, 4.69) is 16.0 Å². The molecule has 0 aliphatic carbocycles. The number of para-hydroxylation sites is 5. The molecular formula is C28H30N4O3. The van der Waals surface area contributed by atoms with Crippen LogP contribution >= 0.6 is 0 Å². The Morgan fingerprint density at radius 2 is 1.69 bits per heavy atom. The van der Waals surface area contributed by atoms with Crippen molar-refractivity contribution in [2.75, 3.05) is 25.5 Å². The number of methoxy groups -OCH3 is 1. The standard InChI is InChI=1S/C28H30N4O3/c1-34-26-14-8-6-12-24(26)30-28(33)31-17-15-21(16-18-31)19-32-25-13-7-5-11-23(25)29-27(32)20-35-22-9-3-2-4-10-22/h2-14,21H,15-20H2,1H3,(H,30,33). The number of hydrogen-bond acceptors (Lipinski definition) is 4. The van der Waals surface area contributed by atoms with Gasteiger partial charge < -0.3 is 24.3 Å². The molecule has 1 saturated heterocycles. The molecule has 0 saturated carbocycles. The second-order valence-corrected chi connectivity index (χ2v) is 8.79. The smallest absolute Gasteiger partial charge is 0.321 e. The second kappa shape index (κ2) is 10.5. The minimum Gasteiger partial charge on any atom is -0.495 e. The van der Waals surface area contributed by atoms with Gasteiger partial charge >= 0.3 is 6.03 Å². The summed E-state index contributed by atoms with van der Waals surface area (Å²) >= 11 is 0. The summed E-state index contributed by atoms with van der Waals surface area (Å²) in [5.41, 5.74) is 2.79. The zero-order valence-electron chi connectivity index (χ0n) is 19.9. The number of rotatable bonds is 7. The third-order valence-corrected chi connectivity index (χ3v) is 6.54. The Bertz CT molecular complexity index is 1280. The van der Waals surface area contributed by atoms with Gasteiger partial charge in [-0.05, 0) is 55.2 Å². The molecule has 0 unspecified atom stereocenters. The van der Waals surface area contributed by atoms with Gasteiger partial charge in [0.25, 0.3) is 0 Å². The topological polar surface area (TPSA) is 68.6 Å². The van der Waals surface area contributed by atoms with Gasteiger partial charge in [0.05, 0.1) is 23.8 Å². The van der Waals surface area contributed by atoms with Crippen LogP contribution in [0.4, 0.5) is 10.5 Å². The Hall–Kier alpha value is -4.00. The van der Waals surface area contributed by atoms with E-state index >= 15 is 0 Å². The number of imidazole rings is 1. The van der Waals surface area contributed by atoms with Gasteiger partial charge in [-0.15, -0.1) is 0 Å². The molecule has 7 heteroatoms. The molecule has 3 aromatic carbocycles. The molecule has 5 rings (SSSR count). The summed E-state index contributed by atoms with van der Waals surface area (Å²) in [7, 11) is 1.61. The zero-order chi connectivity index (χ0) is 24.0. The number of fused-ring (bicyclic) bond motifs is 1. The number of carbonyl (C=O) groups excluding carboxylic acids is 1. The third kappa shape index (κ3) is 5.24. The van der Waals surface area contributed by atoms with Crippen molar-refractivity contribution in [1.29, 1.82) is 0 Å². The molecule has 4 aromatic rings. The van der Waals surface area contributed by atoms with E-state index in [1.807, 2.05) is 77.7 Å². The number of aromatic nitrogens is 2. The fourth-order valence-corrected chi connectivity index (χ4v) is 4.62. The Labute approximate surface area is 205 Å². The monoisotopic (exact) mass is 470 g/mol. The van der Waals surface area contributed by atoms with Crippen molar-refractivity contribution >= 4 is 22.8 Å². The lowest BCUT2D eigenvalue weighted by Gasteiger charge is -2.32. The number of benzene rings is 3. The van der Waals surface area contributed by atoms with Gasteiger partial charge in [0, 0.05) is 19.6 Å². The van der Waals surface area contributed by atoms with E-state index < -0.39 is 0 Å². The number of likely N-dealkylation sites (tertiary alicyclic amines) is 1. The molecule has 0 radical (unpaired) electrons. The van der Waals surface area contributed by atoms with Gasteiger partial charge in [-0.1, -0.05) is 42.5 Å². The van der Waals surface area contributed by atoms with E-state index in [-0.39, 0.29) is 6.03 Å². The van der Waals surface area contributed by atoms with Gasteiger partial charge in [-0.2, -0.15) is 0 Å². The van der Waals surface area contributed by atoms with Crippen LogP contribution in [0.1, 0.15) is 18.7 Å². The van der Waals surface area contributed by atoms with Gasteiger partial charge in [0.2, 0.25) is 0 Å². The molecule has 2 heterocycles. The van der Waals surface area contributed by atoms with E-state index in [9.17, 15) is 4.79 Å². The fourth-order valence-electron chi connectivity index (χ4n) is 4.62. The number of hydrogen-bond donors (Lipinski definition) is 1. The van der Waals surface area contributed by atoms with Crippen molar-refractivity contribution in [3.8, 4) is 11.5 Å². The van der Waals surface area contributed by atoms with Gasteiger partial charge in [-0.3, -0.25) is 0 Å². The lowest BCUT2D eigenvalue weighted by atomic mass is 9.96. The van der Waals surface area contributed by atoms with Crippen LogP contribution in [-0.4, -0.2) is 40.7 Å². The zero-order valence-corrected chi connectivity index (χ0v) is 19.9. The molecule has 1 aromatic heterocycles. The highest BCUT2D eigenvalue weighted by molar-refractivity contribution is 5.91. The van der Waals surface area contributed by atoms with E-state index in [0.717, 1.165) is 42.0 Å². The van der Waals surface area contributed by atoms with Gasteiger partial charge in [-0.25, -0.2) is 9.78 Å². The molecule has 1 aliphatic heterocycles. The highest BCUT2D eigenvalue weighted by Gasteiger charge is 2.25. The van der Waals surface area contributed by atoms with Crippen LogP contribution in [0.3, 0.4) is 0 Å². The predicted octanol–water partition coefficient (Wildman–Crippen LogP) is 5.57. The summed E-state index contributed by atoms with van der Waals surface area (Å²) in [5, 5.41) is 2.99. The summed E-state index contributed by atoms with van der Waals surface area (Å²) in [6.07, 6.45) is 1.87. The number of nitrogens with zero attached hydrogens (tertiary/aromatic N) is 3. The summed E-state index contributed by atoms with van der Waals surface area (Å²) in [4.78, 5) is 19.6. The first kappa shape index (κ1) is 22.8. The molecule has 0 atom stereocenters. The van der Waals surface area contributed by atoms with Crippen LogP contribution in [0.15, 0.2) is 78.9 Å². The van der Waals surface area contributed by atoms with Crippen molar-refractivity contribution in [3.63, 3.8) is 0 Å². The highest BCUT2D eigenvalue weighted by atomic mass is 16.5. The second-order valence-electron chi connectivity index (χ2n) is 8.79. The van der Waals surface area contributed by atoms with Crippen LogP contribution in [0.25, 0.3) is 11.0 Å². The molecule has 1 fully saturated rings. The van der Waals surface area contributed by atoms with Gasteiger partial charge in [0.1, 0.15) is 23.9 Å². The first-order valence-electron chi connectivity index (χ1n) is 12.0. The molecule has 1 aliphatic rings. The van der Waals surface area contributed by atoms with Crippen LogP contribution < -0.4 is 14.8 Å². The average Bonchev–Trinajstić information content (AvgIpc) is 3.26. The Morgan fingerprint density at radius 1 is 0.971 bits per heavy atom. The number of carbonyl (C=O) groups is 1. The van der Waals surface area contributed by atoms with Crippen LogP contribution in [0, 0.1) is 5.92 Å². The molecule has 35 heavy (non-hydrogen) atoms. The average molecular weight is 471 g/mol. The maximum absolute atomic E-state index is 12.8. The fraction of sp³-hybridized carbons (Fsp3) is 0.286. The minimum absolute atomic E-state index is 0.0852. The lowest BCUT2D eigenvalue weighted by Crippen LogP contribution is -2.41. The molecule has 1 N–H and O–H groups in total. The molecule has 7 nitrogen and oxygen atoms in total. The van der Waals surface area contributed by atoms with E-state index in [1.165, 1.54) is 0 Å². The van der Waals surface area contributed by atoms with Crippen molar-refractivity contribution < 1.29 is 14.3 Å². The summed E-state index contributed by atoms with van der Waals surface area (Å²) < 4.78 is 13.7. The van der Waals surface area contributed by atoms with Crippen molar-refractivity contribution in [1.82, 2.24) is 14.5 Å². The van der Waals surface area contributed by atoms with Crippen LogP contribution in [0.5, 0.6) is 11.5 Å². The summed E-state index contributed by atoms with van der Waals surface area (Å²) in [6.45, 7) is 2.71. The molecule has 0 bridgehead atoms. The number of ether oxygens (including phenoxy) is 2. The lowest BCUT2D eigenvalue weighted by molar-refractivity contribution is 0.176. The summed E-state index contributed by atoms with van der Waals surface area (Å²) in [5.74, 6) is 2.87. The molecule has 180 valence electrons. The number of anilines is 1. The van der Waals surface area contributed by atoms with Crippen molar-refractivity contribution in [2.24, 2.45) is 5.92 Å². The largest absolute Gasteiger partial charge is 0.495 e. The first-order chi connectivity index (χ1) is 17.2. The predicted molar refractivity (Wildman–Crippen MR) is 137 cm³/mol. The van der Waals surface area contributed by atoms with E-state index in [0.29, 0.717) is 37.1 Å². The highest BCUT2D eigenvalue weighted by Crippen LogP contribution is 2.27. The minimum atomic E-state index is -0.0852. The third-order valence-electron chi connectivity index (χ3n) is 6.54. The van der Waals surface area contributed by atoms with Crippen LogP contribution in [0.2, 0.25) is 0 Å². The Balaban J connectivity index is 1.23. The Kier molecular flexibility index (Phi) is 6.84. The van der Waals surface area contributed by atoms with Crippen molar-refractivity contribution in [3.05, 3.63) is 84.7 Å². The maximum atomic E-state index is 12.8. The first-order valence-corrected chi connectivity index (χ1v) is 12.0. The van der Waals surface area contributed by atoms with Crippen molar-refractivity contribution in [2.45, 2.75) is 26.0 Å². The maximum Gasteiger partial charge on any atom is 0.321 e. The van der Waals surface area contributed by atoms with Crippen LogP contribution in [-0.2, 0) is 13.2 Å². The van der Waals surface area contributed by atoms with Gasteiger partial charge in [0.15, 0.2) is 0 Å². The SMILES string of the molecule is COc1ccccc1NC(=O)N1CCC(Cn2c(COc3ccccc3)nc3ccccc32)CC1. The quantitative estimate of drug-likeness (QED) is 0.384. The number of amides is 2.